The SMILES string of the molecule is NCC(=O)c1cc(C(F)(F)F)ccc1O. The number of carbonyl (C=O) groups is 1. The predicted octanol–water partition coefficient (Wildman–Crippen LogP) is 1.55. The van der Waals surface area contributed by atoms with Gasteiger partial charge in [-0.2, -0.15) is 13.2 Å². The molecule has 6 heteroatoms. The second kappa shape index (κ2) is 3.90. The van der Waals surface area contributed by atoms with E-state index in [4.69, 9.17) is 10.8 Å². The first kappa shape index (κ1) is 11.5. The van der Waals surface area contributed by atoms with Gasteiger partial charge in [-0.15, -0.1) is 0 Å². The lowest BCUT2D eigenvalue weighted by Crippen LogP contribution is -2.15. The molecule has 0 heterocycles. The maximum atomic E-state index is 12.2. The highest BCUT2D eigenvalue weighted by Crippen LogP contribution is 2.32. The third kappa shape index (κ3) is 2.47. The second-order valence-corrected chi connectivity index (χ2v) is 2.86. The van der Waals surface area contributed by atoms with Crippen molar-refractivity contribution in [2.45, 2.75) is 6.18 Å². The molecular weight excluding hydrogens is 211 g/mol. The van der Waals surface area contributed by atoms with E-state index in [0.29, 0.717) is 12.1 Å². The van der Waals surface area contributed by atoms with Crippen LogP contribution < -0.4 is 5.73 Å². The summed E-state index contributed by atoms with van der Waals surface area (Å²) in [4.78, 5) is 11.1. The van der Waals surface area contributed by atoms with E-state index in [1.54, 1.807) is 0 Å². The Kier molecular flexibility index (Phi) is 2.99. The number of rotatable bonds is 2. The summed E-state index contributed by atoms with van der Waals surface area (Å²) in [6, 6.07) is 2.11. The van der Waals surface area contributed by atoms with Gasteiger partial charge in [-0.3, -0.25) is 4.79 Å². The average molecular weight is 219 g/mol. The molecule has 0 unspecified atom stereocenters. The molecule has 0 amide bonds. The minimum atomic E-state index is -4.54. The molecule has 0 bridgehead atoms. The monoisotopic (exact) mass is 219 g/mol. The van der Waals surface area contributed by atoms with E-state index >= 15 is 0 Å². The molecule has 0 aliphatic rings. The number of hydrogen-bond donors (Lipinski definition) is 2. The standard InChI is InChI=1S/C9H8F3NO2/c10-9(11,12)5-1-2-7(14)6(3-5)8(15)4-13/h1-3,14H,4,13H2. The van der Waals surface area contributed by atoms with E-state index < -0.39 is 35.4 Å². The summed E-state index contributed by atoms with van der Waals surface area (Å²) in [5, 5.41) is 9.16. The fourth-order valence-electron chi connectivity index (χ4n) is 1.05. The summed E-state index contributed by atoms with van der Waals surface area (Å²) >= 11 is 0. The van der Waals surface area contributed by atoms with Gasteiger partial charge in [0.05, 0.1) is 17.7 Å². The van der Waals surface area contributed by atoms with Crippen LogP contribution in [0.3, 0.4) is 0 Å². The molecule has 0 aromatic heterocycles. The highest BCUT2D eigenvalue weighted by atomic mass is 19.4. The summed E-state index contributed by atoms with van der Waals surface area (Å²) in [6.45, 7) is -0.450. The van der Waals surface area contributed by atoms with Crippen molar-refractivity contribution in [2.24, 2.45) is 5.73 Å². The van der Waals surface area contributed by atoms with Crippen LogP contribution in [0.15, 0.2) is 18.2 Å². The maximum absolute atomic E-state index is 12.2. The molecule has 1 aromatic rings. The topological polar surface area (TPSA) is 63.3 Å². The zero-order valence-electron chi connectivity index (χ0n) is 7.51. The Balaban J connectivity index is 3.23. The molecule has 82 valence electrons. The minimum absolute atomic E-state index is 0.410. The molecule has 0 radical (unpaired) electrons. The van der Waals surface area contributed by atoms with Gasteiger partial charge in [0.1, 0.15) is 5.75 Å². The molecule has 0 saturated heterocycles. The third-order valence-corrected chi connectivity index (χ3v) is 1.81. The Bertz CT molecular complexity index is 387. The molecule has 0 fully saturated rings. The van der Waals surface area contributed by atoms with Crippen LogP contribution in [-0.4, -0.2) is 17.4 Å². The average Bonchev–Trinajstić information content (AvgIpc) is 2.15. The summed E-state index contributed by atoms with van der Waals surface area (Å²) in [6.07, 6.45) is -4.54. The van der Waals surface area contributed by atoms with Crippen molar-refractivity contribution in [3.63, 3.8) is 0 Å². The van der Waals surface area contributed by atoms with Gasteiger partial charge in [0.2, 0.25) is 0 Å². The number of benzene rings is 1. The van der Waals surface area contributed by atoms with Gasteiger partial charge < -0.3 is 10.8 Å². The Hall–Kier alpha value is -1.56. The number of ketones is 1. The van der Waals surface area contributed by atoms with E-state index in [1.807, 2.05) is 0 Å². The number of phenols is 1. The quantitative estimate of drug-likeness (QED) is 0.742. The number of carbonyl (C=O) groups excluding carboxylic acids is 1. The number of phenolic OH excluding ortho intramolecular Hbond substituents is 1. The minimum Gasteiger partial charge on any atom is -0.507 e. The van der Waals surface area contributed by atoms with E-state index in [1.165, 1.54) is 0 Å². The predicted molar refractivity (Wildman–Crippen MR) is 46.5 cm³/mol. The summed E-state index contributed by atoms with van der Waals surface area (Å²) in [7, 11) is 0. The first-order chi connectivity index (χ1) is 6.86. The van der Waals surface area contributed by atoms with Crippen molar-refractivity contribution in [1.29, 1.82) is 0 Å². The van der Waals surface area contributed by atoms with Crippen molar-refractivity contribution in [1.82, 2.24) is 0 Å². The number of alkyl halides is 3. The van der Waals surface area contributed by atoms with Gasteiger partial charge in [-0.25, -0.2) is 0 Å². The Morgan fingerprint density at radius 2 is 2.00 bits per heavy atom. The molecule has 0 atom stereocenters. The van der Waals surface area contributed by atoms with Crippen molar-refractivity contribution in [3.8, 4) is 5.75 Å². The van der Waals surface area contributed by atoms with E-state index in [2.05, 4.69) is 0 Å². The van der Waals surface area contributed by atoms with Crippen molar-refractivity contribution >= 4 is 5.78 Å². The van der Waals surface area contributed by atoms with Gasteiger partial charge in [0.15, 0.2) is 5.78 Å². The van der Waals surface area contributed by atoms with Gasteiger partial charge in [-0.1, -0.05) is 0 Å². The number of nitrogens with two attached hydrogens (primary N) is 1. The van der Waals surface area contributed by atoms with Crippen LogP contribution in [0.2, 0.25) is 0 Å². The lowest BCUT2D eigenvalue weighted by molar-refractivity contribution is -0.137. The summed E-state index contributed by atoms with van der Waals surface area (Å²) < 4.78 is 36.7. The molecule has 0 spiro atoms. The lowest BCUT2D eigenvalue weighted by atomic mass is 10.1. The Labute approximate surface area is 83.3 Å². The van der Waals surface area contributed by atoms with Crippen LogP contribution in [0, 0.1) is 0 Å². The van der Waals surface area contributed by atoms with E-state index in [-0.39, 0.29) is 0 Å². The van der Waals surface area contributed by atoms with Crippen LogP contribution in [0.25, 0.3) is 0 Å². The molecule has 0 aliphatic heterocycles. The molecule has 1 rings (SSSR count). The summed E-state index contributed by atoms with van der Waals surface area (Å²) in [5.74, 6) is -1.24. The van der Waals surface area contributed by atoms with E-state index in [9.17, 15) is 18.0 Å². The number of aromatic hydroxyl groups is 1. The van der Waals surface area contributed by atoms with Gasteiger partial charge >= 0.3 is 6.18 Å². The number of halogens is 3. The molecule has 0 saturated carbocycles. The zero-order valence-corrected chi connectivity index (χ0v) is 7.51. The Morgan fingerprint density at radius 3 is 2.47 bits per heavy atom. The van der Waals surface area contributed by atoms with Crippen molar-refractivity contribution in [3.05, 3.63) is 29.3 Å². The molecule has 3 nitrogen and oxygen atoms in total. The Morgan fingerprint density at radius 1 is 1.40 bits per heavy atom. The van der Waals surface area contributed by atoms with Gasteiger partial charge in [0, 0.05) is 0 Å². The lowest BCUT2D eigenvalue weighted by Gasteiger charge is -2.09. The maximum Gasteiger partial charge on any atom is 0.416 e. The molecule has 3 N–H and O–H groups in total. The van der Waals surface area contributed by atoms with Crippen LogP contribution >= 0.6 is 0 Å². The number of Topliss-reactive ketones (excluding diaryl/α,β-unsaturated/α-hetero) is 1. The smallest absolute Gasteiger partial charge is 0.416 e. The molecule has 0 aliphatic carbocycles. The first-order valence-electron chi connectivity index (χ1n) is 3.99. The second-order valence-electron chi connectivity index (χ2n) is 2.86. The van der Waals surface area contributed by atoms with Crippen LogP contribution in [0.5, 0.6) is 5.75 Å². The molecule has 1 aromatic carbocycles. The fourth-order valence-corrected chi connectivity index (χ4v) is 1.05. The first-order valence-corrected chi connectivity index (χ1v) is 3.99. The normalized spacial score (nSPS) is 11.5. The van der Waals surface area contributed by atoms with Gasteiger partial charge in [0.25, 0.3) is 0 Å². The zero-order chi connectivity index (χ0) is 11.6. The van der Waals surface area contributed by atoms with Crippen molar-refractivity contribution in [2.75, 3.05) is 6.54 Å². The highest BCUT2D eigenvalue weighted by molar-refractivity contribution is 6.00. The van der Waals surface area contributed by atoms with Crippen LogP contribution in [0.1, 0.15) is 15.9 Å². The largest absolute Gasteiger partial charge is 0.507 e. The molecular formula is C9H8F3NO2. The molecule has 15 heavy (non-hydrogen) atoms. The van der Waals surface area contributed by atoms with Crippen LogP contribution in [0.4, 0.5) is 13.2 Å². The highest BCUT2D eigenvalue weighted by Gasteiger charge is 2.31. The number of hydrogen-bond acceptors (Lipinski definition) is 3. The van der Waals surface area contributed by atoms with Gasteiger partial charge in [-0.05, 0) is 18.2 Å². The fraction of sp³-hybridized carbons (Fsp3) is 0.222. The van der Waals surface area contributed by atoms with Crippen LogP contribution in [-0.2, 0) is 6.18 Å². The summed E-state index contributed by atoms with van der Waals surface area (Å²) in [5.41, 5.74) is 3.59. The third-order valence-electron chi connectivity index (χ3n) is 1.81. The van der Waals surface area contributed by atoms with Crippen molar-refractivity contribution < 1.29 is 23.1 Å². The van der Waals surface area contributed by atoms with E-state index in [0.717, 1.165) is 6.07 Å².